The second-order valence-electron chi connectivity index (χ2n) is 2.76. The average Bonchev–Trinajstić information content (AvgIpc) is 2.04. The molecule has 0 atom stereocenters. The molecular formula is C9H12BNO. The monoisotopic (exact) mass is 161 g/mol. The largest absolute Gasteiger partial charge is 0.399 e. The quantitative estimate of drug-likeness (QED) is 0.500. The third-order valence-corrected chi connectivity index (χ3v) is 1.71. The summed E-state index contributed by atoms with van der Waals surface area (Å²) < 4.78 is 0. The van der Waals surface area contributed by atoms with Gasteiger partial charge in [0.1, 0.15) is 0 Å². The zero-order chi connectivity index (χ0) is 8.97. The fourth-order valence-corrected chi connectivity index (χ4v) is 1.18. The lowest BCUT2D eigenvalue weighted by atomic mass is 9.94. The summed E-state index contributed by atoms with van der Waals surface area (Å²) in [6.07, 6.45) is 1.13. The summed E-state index contributed by atoms with van der Waals surface area (Å²) in [7, 11) is 5.47. The maximum absolute atomic E-state index is 8.70. The van der Waals surface area contributed by atoms with Gasteiger partial charge in [-0.3, -0.25) is 0 Å². The van der Waals surface area contributed by atoms with Crippen molar-refractivity contribution in [1.29, 1.82) is 0 Å². The smallest absolute Gasteiger partial charge is 0.0716 e. The first-order valence-corrected chi connectivity index (χ1v) is 3.95. The van der Waals surface area contributed by atoms with E-state index >= 15 is 0 Å². The van der Waals surface area contributed by atoms with Crippen LogP contribution in [0.3, 0.4) is 0 Å². The molecule has 2 radical (unpaired) electrons. The molecule has 2 nitrogen and oxygen atoms in total. The Hall–Kier alpha value is -0.955. The summed E-state index contributed by atoms with van der Waals surface area (Å²) in [5.74, 6) is 0. The summed E-state index contributed by atoms with van der Waals surface area (Å²) in [5.41, 5.74) is 8.39. The van der Waals surface area contributed by atoms with Gasteiger partial charge in [-0.2, -0.15) is 0 Å². The molecule has 0 aliphatic carbocycles. The number of benzene rings is 1. The van der Waals surface area contributed by atoms with E-state index in [0.717, 1.165) is 11.1 Å². The van der Waals surface area contributed by atoms with E-state index in [9.17, 15) is 0 Å². The molecule has 0 spiro atoms. The van der Waals surface area contributed by atoms with Crippen LogP contribution in [0.25, 0.3) is 0 Å². The molecular weight excluding hydrogens is 149 g/mol. The topological polar surface area (TPSA) is 46.2 Å². The van der Waals surface area contributed by atoms with Gasteiger partial charge in [0.15, 0.2) is 0 Å². The molecule has 0 amide bonds. The maximum atomic E-state index is 8.70. The normalized spacial score (nSPS) is 10.1. The zero-order valence-corrected chi connectivity index (χ0v) is 6.96. The highest BCUT2D eigenvalue weighted by Crippen LogP contribution is 2.12. The molecule has 12 heavy (non-hydrogen) atoms. The first-order valence-electron chi connectivity index (χ1n) is 3.95. The molecule has 0 aliphatic heterocycles. The van der Waals surface area contributed by atoms with Gasteiger partial charge in [0.2, 0.25) is 0 Å². The standard InChI is InChI=1S/C9H12BNO/c10-6-8-3-7(1-2-12)4-9(11)5-8/h3-5,12H,1-2,6,11H2. The molecule has 3 N–H and O–H groups in total. The van der Waals surface area contributed by atoms with Gasteiger partial charge in [0.25, 0.3) is 0 Å². The van der Waals surface area contributed by atoms with Crippen molar-refractivity contribution in [3.05, 3.63) is 29.3 Å². The molecule has 0 aliphatic rings. The van der Waals surface area contributed by atoms with Crippen molar-refractivity contribution in [3.8, 4) is 0 Å². The van der Waals surface area contributed by atoms with Crippen molar-refractivity contribution >= 4 is 13.5 Å². The summed E-state index contributed by atoms with van der Waals surface area (Å²) in [5, 5.41) is 8.70. The SMILES string of the molecule is [B]Cc1cc(N)cc(CCO)c1. The van der Waals surface area contributed by atoms with Crippen molar-refractivity contribution in [1.82, 2.24) is 0 Å². The van der Waals surface area contributed by atoms with E-state index in [0.29, 0.717) is 18.4 Å². The molecule has 3 heteroatoms. The van der Waals surface area contributed by atoms with Crippen LogP contribution in [-0.4, -0.2) is 19.6 Å². The van der Waals surface area contributed by atoms with Gasteiger partial charge in [0, 0.05) is 12.3 Å². The van der Waals surface area contributed by atoms with Crippen molar-refractivity contribution in [2.24, 2.45) is 0 Å². The molecule has 0 saturated heterocycles. The highest BCUT2D eigenvalue weighted by atomic mass is 16.2. The molecule has 0 fully saturated rings. The Morgan fingerprint density at radius 2 is 1.92 bits per heavy atom. The molecule has 0 saturated carbocycles. The summed E-state index contributed by atoms with van der Waals surface area (Å²) in [6.45, 7) is 0.146. The van der Waals surface area contributed by atoms with E-state index in [1.807, 2.05) is 18.2 Å². The minimum Gasteiger partial charge on any atom is -0.399 e. The van der Waals surface area contributed by atoms with Gasteiger partial charge in [0.05, 0.1) is 7.85 Å². The molecule has 0 aromatic heterocycles. The third kappa shape index (κ3) is 2.27. The number of aliphatic hydroxyl groups excluding tert-OH is 1. The molecule has 1 aromatic rings. The van der Waals surface area contributed by atoms with Crippen molar-refractivity contribution < 1.29 is 5.11 Å². The molecule has 0 unspecified atom stereocenters. The fourth-order valence-electron chi connectivity index (χ4n) is 1.18. The lowest BCUT2D eigenvalue weighted by Crippen LogP contribution is -1.96. The first-order chi connectivity index (χ1) is 5.76. The van der Waals surface area contributed by atoms with Crippen molar-refractivity contribution in [3.63, 3.8) is 0 Å². The molecule has 0 heterocycles. The van der Waals surface area contributed by atoms with E-state index in [1.165, 1.54) is 0 Å². The zero-order valence-electron chi connectivity index (χ0n) is 6.96. The van der Waals surface area contributed by atoms with Gasteiger partial charge < -0.3 is 10.8 Å². The maximum Gasteiger partial charge on any atom is 0.0716 e. The average molecular weight is 161 g/mol. The number of nitrogens with two attached hydrogens (primary N) is 1. The second kappa shape index (κ2) is 4.17. The first kappa shape index (κ1) is 9.14. The second-order valence-corrected chi connectivity index (χ2v) is 2.76. The number of hydrogen-bond donors (Lipinski definition) is 2. The minimum atomic E-state index is 0.146. The van der Waals surface area contributed by atoms with Crippen LogP contribution in [0.2, 0.25) is 0 Å². The number of nitrogen functional groups attached to an aromatic ring is 1. The van der Waals surface area contributed by atoms with Gasteiger partial charge in [-0.15, -0.1) is 0 Å². The Kier molecular flexibility index (Phi) is 3.17. The van der Waals surface area contributed by atoms with Gasteiger partial charge in [-0.05, 0) is 24.1 Å². The number of rotatable bonds is 3. The van der Waals surface area contributed by atoms with Gasteiger partial charge in [-0.25, -0.2) is 0 Å². The van der Waals surface area contributed by atoms with Crippen LogP contribution in [0.15, 0.2) is 18.2 Å². The Morgan fingerprint density at radius 1 is 1.25 bits per heavy atom. The summed E-state index contributed by atoms with van der Waals surface area (Å²) in [6, 6.07) is 5.67. The van der Waals surface area contributed by atoms with Gasteiger partial charge in [-0.1, -0.05) is 17.9 Å². The van der Waals surface area contributed by atoms with Crippen molar-refractivity contribution in [2.75, 3.05) is 12.3 Å². The van der Waals surface area contributed by atoms with Crippen LogP contribution in [0, 0.1) is 0 Å². The van der Waals surface area contributed by atoms with Crippen LogP contribution >= 0.6 is 0 Å². The highest BCUT2D eigenvalue weighted by molar-refractivity contribution is 6.08. The number of anilines is 1. The molecule has 1 rings (SSSR count). The Labute approximate surface area is 73.8 Å². The Balaban J connectivity index is 2.90. The van der Waals surface area contributed by atoms with E-state index in [2.05, 4.69) is 0 Å². The van der Waals surface area contributed by atoms with Crippen LogP contribution in [0.5, 0.6) is 0 Å². The minimum absolute atomic E-state index is 0.146. The third-order valence-electron chi connectivity index (χ3n) is 1.71. The molecule has 1 aromatic carbocycles. The summed E-state index contributed by atoms with van der Waals surface area (Å²) >= 11 is 0. The van der Waals surface area contributed by atoms with Crippen LogP contribution in [-0.2, 0) is 12.7 Å². The van der Waals surface area contributed by atoms with Crippen LogP contribution in [0.1, 0.15) is 11.1 Å². The van der Waals surface area contributed by atoms with E-state index in [1.54, 1.807) is 0 Å². The van der Waals surface area contributed by atoms with Crippen LogP contribution in [0.4, 0.5) is 5.69 Å². The fraction of sp³-hybridized carbons (Fsp3) is 0.333. The summed E-state index contributed by atoms with van der Waals surface area (Å²) in [4.78, 5) is 0. The number of aliphatic hydroxyl groups is 1. The van der Waals surface area contributed by atoms with Crippen molar-refractivity contribution in [2.45, 2.75) is 12.7 Å². The Bertz CT molecular complexity index is 263. The number of hydrogen-bond acceptors (Lipinski definition) is 2. The molecule has 0 bridgehead atoms. The highest BCUT2D eigenvalue weighted by Gasteiger charge is 1.96. The predicted octanol–water partition coefficient (Wildman–Crippen LogP) is 0.472. The van der Waals surface area contributed by atoms with E-state index in [-0.39, 0.29) is 6.61 Å². The van der Waals surface area contributed by atoms with E-state index < -0.39 is 0 Å². The lowest BCUT2D eigenvalue weighted by molar-refractivity contribution is 0.299. The molecule has 62 valence electrons. The Morgan fingerprint density at radius 3 is 2.50 bits per heavy atom. The van der Waals surface area contributed by atoms with E-state index in [4.69, 9.17) is 18.7 Å². The lowest BCUT2D eigenvalue weighted by Gasteiger charge is -2.04. The van der Waals surface area contributed by atoms with Gasteiger partial charge >= 0.3 is 0 Å². The predicted molar refractivity (Wildman–Crippen MR) is 51.1 cm³/mol. The van der Waals surface area contributed by atoms with Crippen LogP contribution < -0.4 is 5.73 Å².